The molecule has 1 aromatic heterocycles. The van der Waals surface area contributed by atoms with Gasteiger partial charge in [-0.25, -0.2) is 9.67 Å². The van der Waals surface area contributed by atoms with E-state index < -0.39 is 0 Å². The molecule has 0 saturated heterocycles. The summed E-state index contributed by atoms with van der Waals surface area (Å²) in [6, 6.07) is 5.96. The first-order valence-electron chi connectivity index (χ1n) is 6.39. The number of benzene rings is 1. The maximum absolute atomic E-state index is 6.29. The minimum Gasteiger partial charge on any atom is -0.324 e. The number of rotatable bonds is 4. The molecule has 5 heteroatoms. The number of halogens is 1. The summed E-state index contributed by atoms with van der Waals surface area (Å²) in [6.07, 6.45) is 2.23. The topological polar surface area (TPSA) is 56.7 Å². The molecule has 0 bridgehead atoms. The van der Waals surface area contributed by atoms with Gasteiger partial charge in [0, 0.05) is 23.5 Å². The molecule has 1 aromatic carbocycles. The third-order valence-corrected chi connectivity index (χ3v) is 3.41. The summed E-state index contributed by atoms with van der Waals surface area (Å²) >= 11 is 6.04. The Bertz CT molecular complexity index is 562. The van der Waals surface area contributed by atoms with E-state index in [-0.39, 0.29) is 12.1 Å². The monoisotopic (exact) mass is 278 g/mol. The van der Waals surface area contributed by atoms with Crippen LogP contribution in [-0.2, 0) is 6.42 Å². The van der Waals surface area contributed by atoms with Crippen LogP contribution in [0, 0.1) is 6.92 Å². The number of hydrogen-bond acceptors (Lipinski definition) is 3. The van der Waals surface area contributed by atoms with Crippen molar-refractivity contribution in [1.82, 2.24) is 14.8 Å². The largest absolute Gasteiger partial charge is 0.324 e. The van der Waals surface area contributed by atoms with Crippen LogP contribution < -0.4 is 5.73 Å². The van der Waals surface area contributed by atoms with E-state index in [0.29, 0.717) is 11.4 Å². The minimum atomic E-state index is -0.125. The number of aromatic nitrogens is 3. The van der Waals surface area contributed by atoms with Gasteiger partial charge in [-0.05, 0) is 44.0 Å². The van der Waals surface area contributed by atoms with Crippen molar-refractivity contribution in [2.75, 3.05) is 0 Å². The molecule has 1 heterocycles. The smallest absolute Gasteiger partial charge is 0.138 e. The van der Waals surface area contributed by atoms with Gasteiger partial charge in [0.25, 0.3) is 0 Å². The van der Waals surface area contributed by atoms with Crippen LogP contribution in [0.2, 0.25) is 5.02 Å². The third-order valence-electron chi connectivity index (χ3n) is 3.18. The van der Waals surface area contributed by atoms with E-state index in [1.54, 1.807) is 6.33 Å². The molecule has 2 rings (SSSR count). The Morgan fingerprint density at radius 3 is 2.79 bits per heavy atom. The van der Waals surface area contributed by atoms with Gasteiger partial charge < -0.3 is 5.73 Å². The van der Waals surface area contributed by atoms with Gasteiger partial charge in [0.05, 0.1) is 0 Å². The van der Waals surface area contributed by atoms with Gasteiger partial charge in [-0.3, -0.25) is 0 Å². The standard InChI is InChI=1S/C14H19ClN4/c1-9(2)19-14(17-8-18-19)7-13(16)12-6-11(15)5-4-10(12)3/h4-6,8-9,13H,7,16H2,1-3H3. The van der Waals surface area contributed by atoms with Crippen molar-refractivity contribution in [3.63, 3.8) is 0 Å². The first-order valence-corrected chi connectivity index (χ1v) is 6.77. The van der Waals surface area contributed by atoms with E-state index in [9.17, 15) is 0 Å². The molecule has 2 N–H and O–H groups in total. The normalized spacial score (nSPS) is 12.9. The van der Waals surface area contributed by atoms with Crippen molar-refractivity contribution in [2.45, 2.75) is 39.3 Å². The first kappa shape index (κ1) is 14.0. The maximum atomic E-state index is 6.29. The molecule has 102 valence electrons. The van der Waals surface area contributed by atoms with Gasteiger partial charge in [-0.15, -0.1) is 0 Å². The molecule has 19 heavy (non-hydrogen) atoms. The molecular weight excluding hydrogens is 260 g/mol. The predicted octanol–water partition coefficient (Wildman–Crippen LogP) is 3.06. The zero-order valence-electron chi connectivity index (χ0n) is 11.5. The second-order valence-corrected chi connectivity index (χ2v) is 5.46. The molecule has 0 spiro atoms. The maximum Gasteiger partial charge on any atom is 0.138 e. The Morgan fingerprint density at radius 2 is 2.11 bits per heavy atom. The van der Waals surface area contributed by atoms with Crippen molar-refractivity contribution in [3.05, 3.63) is 46.5 Å². The minimum absolute atomic E-state index is 0.125. The lowest BCUT2D eigenvalue weighted by molar-refractivity contribution is 0.493. The molecule has 0 aliphatic heterocycles. The quantitative estimate of drug-likeness (QED) is 0.935. The molecule has 2 aromatic rings. The Balaban J connectivity index is 2.23. The number of nitrogens with two attached hydrogens (primary N) is 1. The summed E-state index contributed by atoms with van der Waals surface area (Å²) in [4.78, 5) is 4.29. The van der Waals surface area contributed by atoms with Crippen molar-refractivity contribution in [3.8, 4) is 0 Å². The molecule has 0 amide bonds. The lowest BCUT2D eigenvalue weighted by Crippen LogP contribution is -2.18. The third kappa shape index (κ3) is 3.14. The highest BCUT2D eigenvalue weighted by Gasteiger charge is 2.15. The average molecular weight is 279 g/mol. The fraction of sp³-hybridized carbons (Fsp3) is 0.429. The number of aryl methyl sites for hydroxylation is 1. The van der Waals surface area contributed by atoms with Crippen molar-refractivity contribution >= 4 is 11.6 Å². The SMILES string of the molecule is Cc1ccc(Cl)cc1C(N)Cc1ncnn1C(C)C. The van der Waals surface area contributed by atoms with Gasteiger partial charge >= 0.3 is 0 Å². The van der Waals surface area contributed by atoms with Crippen molar-refractivity contribution in [1.29, 1.82) is 0 Å². The molecule has 4 nitrogen and oxygen atoms in total. The van der Waals surface area contributed by atoms with E-state index in [4.69, 9.17) is 17.3 Å². The Hall–Kier alpha value is -1.39. The van der Waals surface area contributed by atoms with Crippen LogP contribution >= 0.6 is 11.6 Å². The van der Waals surface area contributed by atoms with Crippen molar-refractivity contribution in [2.24, 2.45) is 5.73 Å². The van der Waals surface area contributed by atoms with Gasteiger partial charge in [0.2, 0.25) is 0 Å². The van der Waals surface area contributed by atoms with Gasteiger partial charge in [-0.2, -0.15) is 5.10 Å². The van der Waals surface area contributed by atoms with E-state index in [0.717, 1.165) is 17.0 Å². The van der Waals surface area contributed by atoms with E-state index >= 15 is 0 Å². The summed E-state index contributed by atoms with van der Waals surface area (Å²) in [6.45, 7) is 6.20. The fourth-order valence-electron chi connectivity index (χ4n) is 2.17. The summed E-state index contributed by atoms with van der Waals surface area (Å²) < 4.78 is 1.90. The lowest BCUT2D eigenvalue weighted by atomic mass is 9.99. The van der Waals surface area contributed by atoms with Crippen molar-refractivity contribution < 1.29 is 0 Å². The molecule has 0 aliphatic carbocycles. The summed E-state index contributed by atoms with van der Waals surface area (Å²) in [7, 11) is 0. The zero-order chi connectivity index (χ0) is 14.0. The lowest BCUT2D eigenvalue weighted by Gasteiger charge is -2.16. The van der Waals surface area contributed by atoms with E-state index in [1.165, 1.54) is 0 Å². The number of nitrogens with zero attached hydrogens (tertiary/aromatic N) is 3. The summed E-state index contributed by atoms with van der Waals surface area (Å²) in [5.74, 6) is 0.905. The molecule has 1 atom stereocenters. The molecule has 0 aliphatic rings. The molecule has 0 fully saturated rings. The van der Waals surface area contributed by atoms with Crippen LogP contribution in [0.25, 0.3) is 0 Å². The highest BCUT2D eigenvalue weighted by molar-refractivity contribution is 6.30. The van der Waals surface area contributed by atoms with E-state index in [2.05, 4.69) is 23.9 Å². The highest BCUT2D eigenvalue weighted by atomic mass is 35.5. The first-order chi connectivity index (χ1) is 8.99. The Kier molecular flexibility index (Phi) is 4.22. The van der Waals surface area contributed by atoms with Crippen LogP contribution in [0.1, 0.15) is 42.9 Å². The van der Waals surface area contributed by atoms with Crippen LogP contribution in [0.3, 0.4) is 0 Å². The summed E-state index contributed by atoms with van der Waals surface area (Å²) in [5.41, 5.74) is 8.49. The van der Waals surface area contributed by atoms with Crippen LogP contribution in [-0.4, -0.2) is 14.8 Å². The van der Waals surface area contributed by atoms with Crippen LogP contribution in [0.5, 0.6) is 0 Å². The number of hydrogen-bond donors (Lipinski definition) is 1. The van der Waals surface area contributed by atoms with Gasteiger partial charge in [-0.1, -0.05) is 17.7 Å². The molecule has 0 radical (unpaired) electrons. The Morgan fingerprint density at radius 1 is 1.37 bits per heavy atom. The molecular formula is C14H19ClN4. The molecule has 0 saturated carbocycles. The Labute approximate surface area is 118 Å². The van der Waals surface area contributed by atoms with Gasteiger partial charge in [0.15, 0.2) is 0 Å². The fourth-order valence-corrected chi connectivity index (χ4v) is 2.35. The second kappa shape index (κ2) is 5.72. The zero-order valence-corrected chi connectivity index (χ0v) is 12.2. The van der Waals surface area contributed by atoms with Crippen LogP contribution in [0.15, 0.2) is 24.5 Å². The predicted molar refractivity (Wildman–Crippen MR) is 77.2 cm³/mol. The summed E-state index contributed by atoms with van der Waals surface area (Å²) in [5, 5.41) is 4.94. The highest BCUT2D eigenvalue weighted by Crippen LogP contribution is 2.23. The molecule has 1 unspecified atom stereocenters. The van der Waals surface area contributed by atoms with Gasteiger partial charge in [0.1, 0.15) is 12.2 Å². The average Bonchev–Trinajstić information content (AvgIpc) is 2.80. The van der Waals surface area contributed by atoms with Crippen LogP contribution in [0.4, 0.5) is 0 Å². The van der Waals surface area contributed by atoms with E-state index in [1.807, 2.05) is 29.8 Å². The second-order valence-electron chi connectivity index (χ2n) is 5.03.